The van der Waals surface area contributed by atoms with Gasteiger partial charge in [0.15, 0.2) is 0 Å². The summed E-state index contributed by atoms with van der Waals surface area (Å²) in [5.41, 5.74) is 3.30. The van der Waals surface area contributed by atoms with E-state index in [0.29, 0.717) is 40.6 Å². The molecular formula is C43H33ClN2O6. The molecule has 1 N–H and O–H groups in total. The number of anilines is 2. The number of fused-ring (bicyclic) bond motifs is 5. The number of carbonyl (C=O) groups is 4. The zero-order valence-electron chi connectivity index (χ0n) is 27.9. The number of rotatable bonds is 5. The molecular weight excluding hydrogens is 676 g/mol. The first kappa shape index (κ1) is 32.2. The maximum absolute atomic E-state index is 15.4. The zero-order valence-corrected chi connectivity index (χ0v) is 28.7. The summed E-state index contributed by atoms with van der Waals surface area (Å²) in [4.78, 5) is 61.6. The molecule has 6 unspecified atom stereocenters. The van der Waals surface area contributed by atoms with E-state index in [2.05, 4.69) is 6.58 Å². The van der Waals surface area contributed by atoms with E-state index in [0.717, 1.165) is 22.3 Å². The molecule has 4 amide bonds. The Morgan fingerprint density at radius 1 is 0.827 bits per heavy atom. The lowest BCUT2D eigenvalue weighted by atomic mass is 9.48. The molecule has 1 saturated carbocycles. The molecule has 0 spiro atoms. The van der Waals surface area contributed by atoms with Crippen molar-refractivity contribution in [2.24, 2.45) is 29.6 Å². The Bertz CT molecular complexity index is 2280. The number of allylic oxidation sites excluding steroid dienone is 3. The van der Waals surface area contributed by atoms with Crippen LogP contribution in [0.25, 0.3) is 6.08 Å². The van der Waals surface area contributed by atoms with Crippen molar-refractivity contribution in [1.29, 1.82) is 0 Å². The number of ether oxygens (including phenoxy) is 1. The zero-order chi connectivity index (χ0) is 35.9. The van der Waals surface area contributed by atoms with Crippen LogP contribution in [-0.2, 0) is 31.0 Å². The van der Waals surface area contributed by atoms with Gasteiger partial charge in [-0.3, -0.25) is 24.1 Å². The number of hydrogen-bond acceptors (Lipinski definition) is 6. The molecule has 9 rings (SSSR count). The fraction of sp³-hybridized carbons (Fsp3) is 0.209. The first-order valence-electron chi connectivity index (χ1n) is 17.4. The van der Waals surface area contributed by atoms with Crippen molar-refractivity contribution in [2.75, 3.05) is 9.80 Å². The van der Waals surface area contributed by atoms with Gasteiger partial charge in [0.1, 0.15) is 11.5 Å². The molecule has 4 aromatic rings. The van der Waals surface area contributed by atoms with Gasteiger partial charge < -0.3 is 9.84 Å². The molecule has 3 fully saturated rings. The van der Waals surface area contributed by atoms with Gasteiger partial charge in [0.2, 0.25) is 23.6 Å². The first-order chi connectivity index (χ1) is 25.2. The van der Waals surface area contributed by atoms with Crippen LogP contribution in [0.5, 0.6) is 11.5 Å². The summed E-state index contributed by atoms with van der Waals surface area (Å²) in [6, 6.07) is 28.1. The monoisotopic (exact) mass is 708 g/mol. The molecule has 3 heterocycles. The Morgan fingerprint density at radius 3 is 2.37 bits per heavy atom. The quantitative estimate of drug-likeness (QED) is 0.171. The third-order valence-electron chi connectivity index (χ3n) is 11.7. The van der Waals surface area contributed by atoms with Crippen LogP contribution in [0.15, 0.2) is 127 Å². The van der Waals surface area contributed by atoms with Gasteiger partial charge >= 0.3 is 0 Å². The van der Waals surface area contributed by atoms with E-state index in [1.165, 1.54) is 9.80 Å². The van der Waals surface area contributed by atoms with Crippen molar-refractivity contribution in [3.05, 3.63) is 149 Å². The Morgan fingerprint density at radius 2 is 1.62 bits per heavy atom. The van der Waals surface area contributed by atoms with Crippen LogP contribution in [0.2, 0.25) is 5.02 Å². The number of phenolic OH excluding ortho intramolecular Hbond substituents is 1. The van der Waals surface area contributed by atoms with Crippen molar-refractivity contribution in [2.45, 2.75) is 24.7 Å². The molecule has 3 aliphatic heterocycles. The van der Waals surface area contributed by atoms with Crippen LogP contribution in [-0.4, -0.2) is 28.7 Å². The first-order valence-corrected chi connectivity index (χ1v) is 17.8. The van der Waals surface area contributed by atoms with Gasteiger partial charge in [0, 0.05) is 22.9 Å². The molecule has 9 heteroatoms. The van der Waals surface area contributed by atoms with Crippen LogP contribution in [0.1, 0.15) is 29.5 Å². The molecule has 2 aliphatic carbocycles. The summed E-state index contributed by atoms with van der Waals surface area (Å²) >= 11 is 6.42. The van der Waals surface area contributed by atoms with Gasteiger partial charge in [-0.25, -0.2) is 4.90 Å². The number of carbonyl (C=O) groups excluding carboxylic acids is 4. The van der Waals surface area contributed by atoms with Crippen LogP contribution in [0, 0.1) is 29.6 Å². The number of phenols is 1. The lowest BCUT2D eigenvalue weighted by Crippen LogP contribution is -2.55. The second-order valence-corrected chi connectivity index (χ2v) is 14.6. The van der Waals surface area contributed by atoms with Gasteiger partial charge in [0.25, 0.3) is 0 Å². The minimum absolute atomic E-state index is 0.0797. The van der Waals surface area contributed by atoms with Crippen molar-refractivity contribution in [3.63, 3.8) is 0 Å². The van der Waals surface area contributed by atoms with E-state index < -0.39 is 35.0 Å². The lowest BCUT2D eigenvalue weighted by molar-refractivity contribution is -0.128. The number of nitrogens with zero attached hydrogens (tertiary/aromatic N) is 2. The minimum Gasteiger partial charge on any atom is -0.508 e. The Labute approximate surface area is 305 Å². The summed E-state index contributed by atoms with van der Waals surface area (Å²) in [6.45, 7) is 3.81. The van der Waals surface area contributed by atoms with Gasteiger partial charge in [-0.2, -0.15) is 0 Å². The van der Waals surface area contributed by atoms with Crippen molar-refractivity contribution < 1.29 is 29.0 Å². The summed E-state index contributed by atoms with van der Waals surface area (Å²) in [7, 11) is 0. The third kappa shape index (κ3) is 4.53. The summed E-state index contributed by atoms with van der Waals surface area (Å²) in [5, 5.41) is 10.8. The molecule has 2 saturated heterocycles. The SMILES string of the molecule is C=Cc1ccc(N2C(=O)C3CC=C4C(CC5C(=O)N(c6cccc(Cl)c6)C(=O)C5(c5ccccc5)C4C4=COc5ccc(O)cc5C4)C3C2=O)cc1. The Hall–Kier alpha value is -5.73. The third-order valence-corrected chi connectivity index (χ3v) is 11.9. The number of benzene rings is 4. The van der Waals surface area contributed by atoms with E-state index in [1.807, 2.05) is 48.5 Å². The highest BCUT2D eigenvalue weighted by Crippen LogP contribution is 2.64. The lowest BCUT2D eigenvalue weighted by Gasteiger charge is -2.51. The highest BCUT2D eigenvalue weighted by Gasteiger charge is 2.70. The van der Waals surface area contributed by atoms with Gasteiger partial charge in [0.05, 0.1) is 40.8 Å². The predicted octanol–water partition coefficient (Wildman–Crippen LogP) is 7.41. The van der Waals surface area contributed by atoms with E-state index in [1.54, 1.807) is 66.9 Å². The molecule has 52 heavy (non-hydrogen) atoms. The number of amides is 4. The van der Waals surface area contributed by atoms with Crippen molar-refractivity contribution in [3.8, 4) is 11.5 Å². The predicted molar refractivity (Wildman–Crippen MR) is 196 cm³/mol. The van der Waals surface area contributed by atoms with Crippen LogP contribution >= 0.6 is 11.6 Å². The maximum atomic E-state index is 15.4. The van der Waals surface area contributed by atoms with E-state index in [9.17, 15) is 19.5 Å². The van der Waals surface area contributed by atoms with Gasteiger partial charge in [-0.1, -0.05) is 84.4 Å². The molecule has 0 aromatic heterocycles. The van der Waals surface area contributed by atoms with E-state index in [4.69, 9.17) is 16.3 Å². The largest absolute Gasteiger partial charge is 0.508 e. The molecule has 6 atom stereocenters. The van der Waals surface area contributed by atoms with Crippen molar-refractivity contribution >= 4 is 52.7 Å². The Balaban J connectivity index is 1.24. The number of halogens is 1. The fourth-order valence-corrected chi connectivity index (χ4v) is 9.76. The molecule has 0 bridgehead atoms. The smallest absolute Gasteiger partial charge is 0.246 e. The highest BCUT2D eigenvalue weighted by atomic mass is 35.5. The van der Waals surface area contributed by atoms with E-state index in [-0.39, 0.29) is 35.8 Å². The average molecular weight is 709 g/mol. The van der Waals surface area contributed by atoms with E-state index >= 15 is 4.79 Å². The normalized spacial score (nSPS) is 27.6. The van der Waals surface area contributed by atoms with Crippen LogP contribution in [0.3, 0.4) is 0 Å². The molecule has 4 aromatic carbocycles. The maximum Gasteiger partial charge on any atom is 0.246 e. The topological polar surface area (TPSA) is 104 Å². The fourth-order valence-electron chi connectivity index (χ4n) is 9.57. The molecule has 5 aliphatic rings. The summed E-state index contributed by atoms with van der Waals surface area (Å²) in [5.74, 6) is -4.14. The summed E-state index contributed by atoms with van der Waals surface area (Å²) < 4.78 is 6.20. The standard InChI is InChI=1S/C43H33ClN2O6/c1-2-24-11-13-29(14-12-24)45-39(48)33-17-16-32-34(37(33)41(45)50)22-35-40(49)46(30-10-6-9-28(44)21-30)42(51)43(35,27-7-4-3-5-8-27)38(32)26-19-25-20-31(47)15-18-36(25)52-23-26/h2-16,18,20-21,23,33-35,37-38,47H,1,17,19,22H2. The molecule has 8 nitrogen and oxygen atoms in total. The van der Waals surface area contributed by atoms with Gasteiger partial charge in [-0.15, -0.1) is 0 Å². The number of imide groups is 2. The molecule has 0 radical (unpaired) electrons. The van der Waals surface area contributed by atoms with Crippen LogP contribution < -0.4 is 14.5 Å². The average Bonchev–Trinajstić information content (AvgIpc) is 3.55. The highest BCUT2D eigenvalue weighted by molar-refractivity contribution is 6.32. The number of hydrogen-bond donors (Lipinski definition) is 1. The Kier molecular flexibility index (Phi) is 7.38. The van der Waals surface area contributed by atoms with Crippen molar-refractivity contribution in [1.82, 2.24) is 0 Å². The van der Waals surface area contributed by atoms with Crippen LogP contribution in [0.4, 0.5) is 11.4 Å². The van der Waals surface area contributed by atoms with Gasteiger partial charge in [-0.05, 0) is 84.0 Å². The molecule has 258 valence electrons. The minimum atomic E-state index is -1.41. The second-order valence-electron chi connectivity index (χ2n) is 14.2. The summed E-state index contributed by atoms with van der Waals surface area (Å²) in [6.07, 6.45) is 6.22. The number of aromatic hydroxyl groups is 1. The second kappa shape index (κ2) is 11.9.